The molecule has 0 bridgehead atoms. The first-order valence-corrected chi connectivity index (χ1v) is 6.11. The topological polar surface area (TPSA) is 57.6 Å². The van der Waals surface area contributed by atoms with Crippen molar-refractivity contribution in [2.75, 3.05) is 6.54 Å². The van der Waals surface area contributed by atoms with Gasteiger partial charge in [0.2, 0.25) is 0 Å². The molecule has 0 aromatic heterocycles. The maximum absolute atomic E-state index is 12.2. The fourth-order valence-electron chi connectivity index (χ4n) is 1.78. The normalized spacial score (nSPS) is 11.9. The van der Waals surface area contributed by atoms with E-state index in [9.17, 15) is 9.59 Å². The van der Waals surface area contributed by atoms with Crippen molar-refractivity contribution < 1.29 is 14.7 Å². The van der Waals surface area contributed by atoms with Gasteiger partial charge < -0.3 is 10.0 Å². The fraction of sp³-hybridized carbons (Fsp3) is 0.385. The molecule has 1 aromatic rings. The van der Waals surface area contributed by atoms with Gasteiger partial charge in [-0.3, -0.25) is 9.59 Å². The van der Waals surface area contributed by atoms with Gasteiger partial charge >= 0.3 is 5.97 Å². The lowest BCUT2D eigenvalue weighted by Gasteiger charge is -2.27. The minimum atomic E-state index is -0.912. The highest BCUT2D eigenvalue weighted by molar-refractivity contribution is 6.30. The summed E-state index contributed by atoms with van der Waals surface area (Å²) in [6, 6.07) is 6.23. The van der Waals surface area contributed by atoms with E-state index < -0.39 is 5.97 Å². The Hall–Kier alpha value is -1.55. The summed E-state index contributed by atoms with van der Waals surface area (Å²) in [5.41, 5.74) is 0.512. The number of halogens is 1. The molecule has 0 aliphatic carbocycles. The van der Waals surface area contributed by atoms with Crippen LogP contribution in [0.25, 0.3) is 0 Å². The van der Waals surface area contributed by atoms with Gasteiger partial charge in [0.25, 0.3) is 5.91 Å². The molecule has 4 nitrogen and oxygen atoms in total. The average molecular weight is 270 g/mol. The van der Waals surface area contributed by atoms with Gasteiger partial charge in [0, 0.05) is 23.2 Å². The van der Waals surface area contributed by atoms with E-state index >= 15 is 0 Å². The number of aliphatic carboxylic acids is 1. The number of rotatable bonds is 5. The third-order valence-corrected chi connectivity index (χ3v) is 2.95. The highest BCUT2D eigenvalue weighted by atomic mass is 35.5. The van der Waals surface area contributed by atoms with Crippen LogP contribution < -0.4 is 0 Å². The number of carbonyl (C=O) groups excluding carboxylic acids is 1. The van der Waals surface area contributed by atoms with Crippen LogP contribution in [0.3, 0.4) is 0 Å². The standard InChI is InChI=1S/C13H16ClNO3/c1-3-15(9(2)8-12(16)17)13(18)10-4-6-11(14)7-5-10/h4-7,9H,3,8H2,1-2H3,(H,16,17). The first-order valence-electron chi connectivity index (χ1n) is 5.74. The molecule has 1 unspecified atom stereocenters. The Balaban J connectivity index is 2.85. The predicted octanol–water partition coefficient (Wildman–Crippen LogP) is 2.67. The second-order valence-corrected chi connectivity index (χ2v) is 4.48. The maximum Gasteiger partial charge on any atom is 0.305 e. The van der Waals surface area contributed by atoms with Crippen molar-refractivity contribution in [3.05, 3.63) is 34.9 Å². The number of carbonyl (C=O) groups is 2. The van der Waals surface area contributed by atoms with Gasteiger partial charge in [-0.15, -0.1) is 0 Å². The van der Waals surface area contributed by atoms with Crippen LogP contribution in [0.1, 0.15) is 30.6 Å². The Morgan fingerprint density at radius 1 is 1.33 bits per heavy atom. The predicted molar refractivity (Wildman–Crippen MR) is 69.9 cm³/mol. The van der Waals surface area contributed by atoms with Gasteiger partial charge in [-0.25, -0.2) is 0 Å². The molecule has 0 aliphatic heterocycles. The van der Waals surface area contributed by atoms with Gasteiger partial charge in [-0.2, -0.15) is 0 Å². The third-order valence-electron chi connectivity index (χ3n) is 2.69. The molecule has 0 heterocycles. The van der Waals surface area contributed by atoms with E-state index in [1.807, 2.05) is 6.92 Å². The molecule has 0 fully saturated rings. The van der Waals surface area contributed by atoms with Crippen LogP contribution in [0.15, 0.2) is 24.3 Å². The van der Waals surface area contributed by atoms with Gasteiger partial charge in [0.15, 0.2) is 0 Å². The van der Waals surface area contributed by atoms with Crippen LogP contribution in [-0.4, -0.2) is 34.5 Å². The third kappa shape index (κ3) is 3.74. The molecule has 1 atom stereocenters. The summed E-state index contributed by atoms with van der Waals surface area (Å²) in [4.78, 5) is 24.4. The number of amides is 1. The molecule has 0 spiro atoms. The lowest BCUT2D eigenvalue weighted by molar-refractivity contribution is -0.138. The van der Waals surface area contributed by atoms with E-state index in [2.05, 4.69) is 0 Å². The second kappa shape index (κ2) is 6.40. The van der Waals surface area contributed by atoms with Crippen molar-refractivity contribution in [1.29, 1.82) is 0 Å². The number of hydrogen-bond acceptors (Lipinski definition) is 2. The summed E-state index contributed by atoms with van der Waals surface area (Å²) in [7, 11) is 0. The molecular weight excluding hydrogens is 254 g/mol. The molecule has 0 radical (unpaired) electrons. The average Bonchev–Trinajstić information content (AvgIpc) is 2.29. The van der Waals surface area contributed by atoms with E-state index in [4.69, 9.17) is 16.7 Å². The van der Waals surface area contributed by atoms with Crippen LogP contribution in [0.2, 0.25) is 5.02 Å². The molecule has 18 heavy (non-hydrogen) atoms. The highest BCUT2D eigenvalue weighted by Crippen LogP contribution is 2.14. The molecule has 1 aromatic carbocycles. The highest BCUT2D eigenvalue weighted by Gasteiger charge is 2.21. The zero-order chi connectivity index (χ0) is 13.7. The van der Waals surface area contributed by atoms with Crippen LogP contribution >= 0.6 is 11.6 Å². The minimum Gasteiger partial charge on any atom is -0.481 e. The van der Waals surface area contributed by atoms with E-state index in [0.717, 1.165) is 0 Å². The zero-order valence-corrected chi connectivity index (χ0v) is 11.1. The summed E-state index contributed by atoms with van der Waals surface area (Å²) in [5.74, 6) is -1.09. The molecule has 98 valence electrons. The summed E-state index contributed by atoms with van der Waals surface area (Å²) < 4.78 is 0. The molecule has 1 N–H and O–H groups in total. The quantitative estimate of drug-likeness (QED) is 0.894. The lowest BCUT2D eigenvalue weighted by atomic mass is 10.1. The largest absolute Gasteiger partial charge is 0.481 e. The number of benzene rings is 1. The Labute approximate surface area is 111 Å². The van der Waals surface area contributed by atoms with E-state index in [-0.39, 0.29) is 18.4 Å². The molecule has 0 aliphatic rings. The van der Waals surface area contributed by atoms with Crippen molar-refractivity contribution >= 4 is 23.5 Å². The maximum atomic E-state index is 12.2. The molecule has 0 saturated heterocycles. The van der Waals surface area contributed by atoms with E-state index in [1.165, 1.54) is 4.90 Å². The summed E-state index contributed by atoms with van der Waals surface area (Å²) >= 11 is 5.76. The fourth-order valence-corrected chi connectivity index (χ4v) is 1.90. The Morgan fingerprint density at radius 3 is 2.33 bits per heavy atom. The van der Waals surface area contributed by atoms with E-state index in [0.29, 0.717) is 17.1 Å². The number of carboxylic acids is 1. The molecule has 1 rings (SSSR count). The minimum absolute atomic E-state index is 0.0623. The Morgan fingerprint density at radius 2 is 1.89 bits per heavy atom. The summed E-state index contributed by atoms with van der Waals surface area (Å²) in [6.07, 6.45) is -0.0623. The zero-order valence-electron chi connectivity index (χ0n) is 10.4. The van der Waals surface area contributed by atoms with Gasteiger partial charge in [-0.1, -0.05) is 11.6 Å². The first-order chi connectivity index (χ1) is 8.45. The number of hydrogen-bond donors (Lipinski definition) is 1. The number of nitrogens with zero attached hydrogens (tertiary/aromatic N) is 1. The van der Waals surface area contributed by atoms with Crippen LogP contribution in [0.4, 0.5) is 0 Å². The van der Waals surface area contributed by atoms with E-state index in [1.54, 1.807) is 31.2 Å². The van der Waals surface area contributed by atoms with Crippen molar-refractivity contribution in [2.45, 2.75) is 26.3 Å². The van der Waals surface area contributed by atoms with Gasteiger partial charge in [-0.05, 0) is 38.1 Å². The smallest absolute Gasteiger partial charge is 0.305 e. The molecular formula is C13H16ClNO3. The molecule has 0 saturated carbocycles. The first kappa shape index (κ1) is 14.5. The van der Waals surface area contributed by atoms with Crippen molar-refractivity contribution in [2.24, 2.45) is 0 Å². The van der Waals surface area contributed by atoms with Crippen molar-refractivity contribution in [3.8, 4) is 0 Å². The second-order valence-electron chi connectivity index (χ2n) is 4.04. The van der Waals surface area contributed by atoms with Gasteiger partial charge in [0.1, 0.15) is 0 Å². The van der Waals surface area contributed by atoms with Crippen LogP contribution in [0, 0.1) is 0 Å². The summed E-state index contributed by atoms with van der Waals surface area (Å²) in [6.45, 7) is 4.02. The SMILES string of the molecule is CCN(C(=O)c1ccc(Cl)cc1)C(C)CC(=O)O. The monoisotopic (exact) mass is 269 g/mol. The molecule has 5 heteroatoms. The molecule has 1 amide bonds. The Kier molecular flexibility index (Phi) is 5.16. The number of carboxylic acid groups (broad SMARTS) is 1. The summed E-state index contributed by atoms with van der Waals surface area (Å²) in [5, 5.41) is 9.32. The van der Waals surface area contributed by atoms with Crippen LogP contribution in [0.5, 0.6) is 0 Å². The van der Waals surface area contributed by atoms with Crippen LogP contribution in [-0.2, 0) is 4.79 Å². The Bertz CT molecular complexity index is 430. The van der Waals surface area contributed by atoms with Gasteiger partial charge in [0.05, 0.1) is 6.42 Å². The van der Waals surface area contributed by atoms with Crippen molar-refractivity contribution in [1.82, 2.24) is 4.90 Å². The lowest BCUT2D eigenvalue weighted by Crippen LogP contribution is -2.39. The van der Waals surface area contributed by atoms with Crippen molar-refractivity contribution in [3.63, 3.8) is 0 Å².